The van der Waals surface area contributed by atoms with Crippen molar-refractivity contribution in [3.8, 4) is 28.4 Å². The monoisotopic (exact) mass is 424 g/mol. The maximum atomic E-state index is 14.2. The second kappa shape index (κ2) is 8.34. The van der Waals surface area contributed by atoms with Crippen LogP contribution in [0.4, 0.5) is 8.78 Å². The average molecular weight is 424 g/mol. The summed E-state index contributed by atoms with van der Waals surface area (Å²) in [6.45, 7) is 0.0716. The summed E-state index contributed by atoms with van der Waals surface area (Å²) < 4.78 is 34.0. The molecule has 2 heterocycles. The molecule has 0 radical (unpaired) electrons. The minimum Gasteiger partial charge on any atom is -0.497 e. The summed E-state index contributed by atoms with van der Waals surface area (Å²) >= 11 is 0. The Morgan fingerprint density at radius 1 is 1.19 bits per heavy atom. The number of H-pyrrole nitrogens is 1. The van der Waals surface area contributed by atoms with Gasteiger partial charge in [0.05, 0.1) is 19.2 Å². The lowest BCUT2D eigenvalue weighted by Crippen LogP contribution is -2.23. The van der Waals surface area contributed by atoms with E-state index in [1.54, 1.807) is 26.3 Å². The van der Waals surface area contributed by atoms with Gasteiger partial charge in [-0.3, -0.25) is 14.6 Å². The van der Waals surface area contributed by atoms with Crippen LogP contribution in [0.25, 0.3) is 22.6 Å². The number of hydrogen-bond donors (Lipinski definition) is 2. The van der Waals surface area contributed by atoms with Gasteiger partial charge in [-0.2, -0.15) is 10.2 Å². The molecule has 0 saturated carbocycles. The van der Waals surface area contributed by atoms with Gasteiger partial charge in [0.1, 0.15) is 28.9 Å². The molecule has 0 atom stereocenters. The molecule has 0 aliphatic heterocycles. The van der Waals surface area contributed by atoms with Crippen molar-refractivity contribution < 1.29 is 18.3 Å². The molecule has 2 N–H and O–H groups in total. The van der Waals surface area contributed by atoms with Gasteiger partial charge in [-0.15, -0.1) is 0 Å². The smallest absolute Gasteiger partial charge is 0.255 e. The van der Waals surface area contributed by atoms with Crippen molar-refractivity contribution in [2.45, 2.75) is 6.54 Å². The van der Waals surface area contributed by atoms with Gasteiger partial charge in [0.25, 0.3) is 5.91 Å². The number of aryl methyl sites for hydroxylation is 1. The quantitative estimate of drug-likeness (QED) is 0.496. The number of amides is 1. The summed E-state index contributed by atoms with van der Waals surface area (Å²) in [6.07, 6.45) is 1.47. The molecule has 8 nitrogen and oxygen atoms in total. The van der Waals surface area contributed by atoms with Gasteiger partial charge < -0.3 is 10.1 Å². The zero-order valence-corrected chi connectivity index (χ0v) is 16.7. The summed E-state index contributed by atoms with van der Waals surface area (Å²) in [4.78, 5) is 17.1. The van der Waals surface area contributed by atoms with Gasteiger partial charge in [-0.1, -0.05) is 0 Å². The molecule has 31 heavy (non-hydrogen) atoms. The Hall–Kier alpha value is -4.08. The number of halogens is 2. The molecule has 0 unspecified atom stereocenters. The molecule has 0 bridgehead atoms. The van der Waals surface area contributed by atoms with E-state index in [1.165, 1.54) is 16.9 Å². The van der Waals surface area contributed by atoms with Crippen LogP contribution in [0, 0.1) is 11.6 Å². The first-order valence-corrected chi connectivity index (χ1v) is 9.27. The Morgan fingerprint density at radius 2 is 1.97 bits per heavy atom. The van der Waals surface area contributed by atoms with Crippen molar-refractivity contribution in [1.29, 1.82) is 0 Å². The lowest BCUT2D eigenvalue weighted by atomic mass is 10.1. The first-order valence-electron chi connectivity index (χ1n) is 9.27. The fourth-order valence-electron chi connectivity index (χ4n) is 3.04. The number of aromatic nitrogens is 5. The predicted molar refractivity (Wildman–Crippen MR) is 108 cm³/mol. The summed E-state index contributed by atoms with van der Waals surface area (Å²) in [6, 6.07) is 10.4. The highest BCUT2D eigenvalue weighted by atomic mass is 19.1. The van der Waals surface area contributed by atoms with E-state index >= 15 is 0 Å². The topological polar surface area (TPSA) is 97.7 Å². The average Bonchev–Trinajstić information content (AvgIpc) is 3.39. The summed E-state index contributed by atoms with van der Waals surface area (Å²) in [7, 11) is 3.19. The molecule has 0 aliphatic rings. The van der Waals surface area contributed by atoms with Crippen LogP contribution in [0.3, 0.4) is 0 Å². The highest BCUT2D eigenvalue weighted by molar-refractivity contribution is 5.99. The first kappa shape index (κ1) is 20.2. The van der Waals surface area contributed by atoms with Crippen molar-refractivity contribution in [2.75, 3.05) is 7.11 Å². The van der Waals surface area contributed by atoms with Gasteiger partial charge in [-0.25, -0.2) is 13.8 Å². The van der Waals surface area contributed by atoms with Crippen LogP contribution in [0.5, 0.6) is 5.75 Å². The molecule has 1 amide bonds. The minimum atomic E-state index is -0.799. The fraction of sp³-hybridized carbons (Fsp3) is 0.143. The number of benzene rings is 2. The third kappa shape index (κ3) is 4.27. The second-order valence-corrected chi connectivity index (χ2v) is 6.71. The largest absolute Gasteiger partial charge is 0.497 e. The molecule has 2 aromatic carbocycles. The van der Waals surface area contributed by atoms with Crippen molar-refractivity contribution in [3.63, 3.8) is 0 Å². The van der Waals surface area contributed by atoms with Gasteiger partial charge in [0.15, 0.2) is 5.82 Å². The molecule has 0 saturated heterocycles. The van der Waals surface area contributed by atoms with E-state index in [9.17, 15) is 13.6 Å². The van der Waals surface area contributed by atoms with E-state index in [-0.39, 0.29) is 23.4 Å². The Labute approximate surface area is 175 Å². The molecular formula is C21H18F2N6O2. The van der Waals surface area contributed by atoms with Crippen LogP contribution in [0.1, 0.15) is 16.2 Å². The highest BCUT2D eigenvalue weighted by Crippen LogP contribution is 2.25. The van der Waals surface area contributed by atoms with E-state index in [4.69, 9.17) is 4.74 Å². The number of nitrogens with zero attached hydrogens (tertiary/aromatic N) is 4. The Kier molecular flexibility index (Phi) is 5.44. The van der Waals surface area contributed by atoms with Crippen LogP contribution < -0.4 is 10.1 Å². The maximum absolute atomic E-state index is 14.2. The van der Waals surface area contributed by atoms with Gasteiger partial charge in [0, 0.05) is 30.4 Å². The fourth-order valence-corrected chi connectivity index (χ4v) is 3.04. The second-order valence-electron chi connectivity index (χ2n) is 6.71. The summed E-state index contributed by atoms with van der Waals surface area (Å²) in [5.74, 6) is -0.348. The molecule has 0 fully saturated rings. The Balaban J connectivity index is 1.49. The Morgan fingerprint density at radius 3 is 2.68 bits per heavy atom. The van der Waals surface area contributed by atoms with E-state index in [1.807, 2.05) is 12.1 Å². The lowest BCUT2D eigenvalue weighted by Gasteiger charge is -2.05. The molecule has 10 heteroatoms. The number of methoxy groups -OCH3 is 1. The summed E-state index contributed by atoms with van der Waals surface area (Å²) in [5.41, 5.74) is 1.10. The van der Waals surface area contributed by atoms with E-state index in [2.05, 4.69) is 25.6 Å². The van der Waals surface area contributed by atoms with Crippen molar-refractivity contribution >= 4 is 5.91 Å². The maximum Gasteiger partial charge on any atom is 0.255 e. The molecule has 4 rings (SSSR count). The van der Waals surface area contributed by atoms with Gasteiger partial charge in [-0.05, 0) is 36.4 Å². The van der Waals surface area contributed by atoms with Crippen LogP contribution in [-0.2, 0) is 13.6 Å². The van der Waals surface area contributed by atoms with Gasteiger partial charge in [0.2, 0.25) is 0 Å². The number of rotatable bonds is 6. The normalized spacial score (nSPS) is 10.8. The Bertz CT molecular complexity index is 1230. The zero-order chi connectivity index (χ0) is 22.0. The minimum absolute atomic E-state index is 0.0357. The highest BCUT2D eigenvalue weighted by Gasteiger charge is 2.20. The first-order chi connectivity index (χ1) is 14.9. The van der Waals surface area contributed by atoms with Gasteiger partial charge >= 0.3 is 0 Å². The third-order valence-electron chi connectivity index (χ3n) is 4.56. The van der Waals surface area contributed by atoms with Crippen molar-refractivity contribution in [3.05, 3.63) is 71.7 Å². The van der Waals surface area contributed by atoms with E-state index < -0.39 is 17.5 Å². The van der Waals surface area contributed by atoms with Crippen molar-refractivity contribution in [2.24, 2.45) is 7.05 Å². The predicted octanol–water partition coefficient (Wildman–Crippen LogP) is 3.09. The molecular weight excluding hydrogens is 406 g/mol. The summed E-state index contributed by atoms with van der Waals surface area (Å²) in [5, 5.41) is 13.8. The van der Waals surface area contributed by atoms with Crippen LogP contribution in [0.2, 0.25) is 0 Å². The zero-order valence-electron chi connectivity index (χ0n) is 16.7. The van der Waals surface area contributed by atoms with Crippen LogP contribution in [0.15, 0.2) is 48.7 Å². The number of nitrogens with one attached hydrogen (secondary N) is 2. The molecule has 158 valence electrons. The molecule has 2 aromatic heterocycles. The lowest BCUT2D eigenvalue weighted by molar-refractivity contribution is 0.0950. The SMILES string of the molecule is COc1ccc(-c2n[nH]c(CNC(=O)c3cn(C)nc3-c3ccc(F)cc3F)n2)cc1. The molecule has 0 aliphatic carbocycles. The number of hydrogen-bond acceptors (Lipinski definition) is 5. The van der Waals surface area contributed by atoms with Crippen LogP contribution >= 0.6 is 0 Å². The van der Waals surface area contributed by atoms with Crippen LogP contribution in [-0.4, -0.2) is 38.0 Å². The molecule has 4 aromatic rings. The van der Waals surface area contributed by atoms with E-state index in [0.29, 0.717) is 11.6 Å². The number of carbonyl (C=O) groups is 1. The third-order valence-corrected chi connectivity index (χ3v) is 4.56. The van der Waals surface area contributed by atoms with Crippen molar-refractivity contribution in [1.82, 2.24) is 30.3 Å². The number of carbonyl (C=O) groups excluding carboxylic acids is 1. The number of ether oxygens (including phenoxy) is 1. The number of aromatic amines is 1. The molecule has 0 spiro atoms. The van der Waals surface area contributed by atoms with E-state index in [0.717, 1.165) is 23.4 Å². The standard InChI is InChI=1S/C21H18F2N6O2/c1-29-11-16(19(28-29)15-8-5-13(22)9-17(15)23)21(30)24-10-18-25-20(27-26-18)12-3-6-14(31-2)7-4-12/h3-9,11H,10H2,1-2H3,(H,24,30)(H,25,26,27).